The van der Waals surface area contributed by atoms with E-state index in [-0.39, 0.29) is 17.8 Å². The van der Waals surface area contributed by atoms with Gasteiger partial charge in [-0.3, -0.25) is 9.78 Å². The van der Waals surface area contributed by atoms with Gasteiger partial charge in [0.2, 0.25) is 0 Å². The number of benzene rings is 2. The third-order valence-corrected chi connectivity index (χ3v) is 3.88. The van der Waals surface area contributed by atoms with Crippen molar-refractivity contribution in [2.24, 2.45) is 0 Å². The van der Waals surface area contributed by atoms with E-state index in [1.165, 1.54) is 42.5 Å². The van der Waals surface area contributed by atoms with E-state index in [9.17, 15) is 22.4 Å². The first-order chi connectivity index (χ1) is 12.9. The molecule has 0 bridgehead atoms. The van der Waals surface area contributed by atoms with Crippen LogP contribution < -0.4 is 5.32 Å². The Kier molecular flexibility index (Phi) is 5.21. The molecular weight excluding hydrogens is 360 g/mol. The molecule has 0 radical (unpaired) electrons. The molecule has 0 atom stereocenters. The zero-order valence-corrected chi connectivity index (χ0v) is 13.9. The third-order valence-electron chi connectivity index (χ3n) is 3.88. The highest BCUT2D eigenvalue weighted by Gasteiger charge is 2.38. The lowest BCUT2D eigenvalue weighted by atomic mass is 9.99. The molecule has 0 fully saturated rings. The maximum atomic E-state index is 13.4. The number of nitrogens with one attached hydrogen (secondary N) is 1. The molecule has 0 unspecified atom stereocenters. The van der Waals surface area contributed by atoms with Crippen LogP contribution in [0.1, 0.15) is 27.2 Å². The zero-order valence-electron chi connectivity index (χ0n) is 13.9. The van der Waals surface area contributed by atoms with Gasteiger partial charge in [0.15, 0.2) is 11.5 Å². The van der Waals surface area contributed by atoms with E-state index in [2.05, 4.69) is 10.3 Å². The van der Waals surface area contributed by atoms with Crippen molar-refractivity contribution in [3.05, 3.63) is 95.1 Å². The van der Waals surface area contributed by atoms with Crippen molar-refractivity contribution in [1.29, 1.82) is 0 Å². The molecule has 0 aliphatic heterocycles. The summed E-state index contributed by atoms with van der Waals surface area (Å²) in [5.41, 5.74) is -1.00. The van der Waals surface area contributed by atoms with Gasteiger partial charge in [0.25, 0.3) is 0 Å². The molecule has 1 N–H and O–H groups in total. The van der Waals surface area contributed by atoms with Gasteiger partial charge in [-0.15, -0.1) is 0 Å². The fourth-order valence-corrected chi connectivity index (χ4v) is 2.59. The summed E-state index contributed by atoms with van der Waals surface area (Å²) in [6, 6.07) is 14.5. The minimum atomic E-state index is -4.78. The minimum absolute atomic E-state index is 0.00973. The Morgan fingerprint density at radius 3 is 2.26 bits per heavy atom. The van der Waals surface area contributed by atoms with Gasteiger partial charge in [-0.25, -0.2) is 4.39 Å². The summed E-state index contributed by atoms with van der Waals surface area (Å²) in [5.74, 6) is -1.19. The summed E-state index contributed by atoms with van der Waals surface area (Å²) in [6.07, 6.45) is -3.79. The number of aromatic nitrogens is 1. The maximum absolute atomic E-state index is 13.4. The molecule has 3 rings (SSSR count). The quantitative estimate of drug-likeness (QED) is 0.500. The number of hydrogen-bond donors (Lipinski definition) is 1. The molecule has 3 aromatic rings. The second-order valence-corrected chi connectivity index (χ2v) is 5.76. The molecule has 0 aliphatic rings. The van der Waals surface area contributed by atoms with Crippen LogP contribution in [0.25, 0.3) is 0 Å². The number of carbonyl (C=O) groups excluding carboxylic acids is 1. The normalized spacial score (nSPS) is 11.3. The smallest absolute Gasteiger partial charge is 0.380 e. The largest absolute Gasteiger partial charge is 0.434 e. The van der Waals surface area contributed by atoms with Gasteiger partial charge in [0, 0.05) is 24.0 Å². The topological polar surface area (TPSA) is 42.0 Å². The summed E-state index contributed by atoms with van der Waals surface area (Å²) in [4.78, 5) is 16.1. The lowest BCUT2D eigenvalue weighted by Gasteiger charge is -2.16. The summed E-state index contributed by atoms with van der Waals surface area (Å²) in [6.45, 7) is 0.122. The predicted octanol–water partition coefficient (Wildman–Crippen LogP) is 5.08. The van der Waals surface area contributed by atoms with Gasteiger partial charge in [-0.2, -0.15) is 13.2 Å². The number of rotatable bonds is 5. The highest BCUT2D eigenvalue weighted by molar-refractivity contribution is 6.13. The number of anilines is 1. The molecule has 138 valence electrons. The molecule has 1 aromatic heterocycles. The maximum Gasteiger partial charge on any atom is 0.434 e. The summed E-state index contributed by atoms with van der Waals surface area (Å²) in [7, 11) is 0. The second kappa shape index (κ2) is 7.57. The highest BCUT2D eigenvalue weighted by atomic mass is 19.4. The molecule has 7 heteroatoms. The van der Waals surface area contributed by atoms with Crippen LogP contribution in [0.4, 0.5) is 23.2 Å². The summed E-state index contributed by atoms with van der Waals surface area (Å²) < 4.78 is 53.3. The van der Waals surface area contributed by atoms with Crippen molar-refractivity contribution in [3.63, 3.8) is 0 Å². The van der Waals surface area contributed by atoms with E-state index in [1.54, 1.807) is 18.2 Å². The van der Waals surface area contributed by atoms with Crippen molar-refractivity contribution in [2.75, 3.05) is 5.32 Å². The fraction of sp³-hybridized carbons (Fsp3) is 0.100. The van der Waals surface area contributed by atoms with Gasteiger partial charge < -0.3 is 5.32 Å². The van der Waals surface area contributed by atoms with Crippen molar-refractivity contribution < 1.29 is 22.4 Å². The molecule has 0 spiro atoms. The average molecular weight is 374 g/mol. The second-order valence-electron chi connectivity index (χ2n) is 5.76. The zero-order chi connectivity index (χ0) is 19.4. The molecule has 3 nitrogen and oxygen atoms in total. The van der Waals surface area contributed by atoms with Crippen LogP contribution >= 0.6 is 0 Å². The number of nitrogens with zero attached hydrogens (tertiary/aromatic N) is 1. The Morgan fingerprint density at radius 2 is 1.63 bits per heavy atom. The first-order valence-corrected chi connectivity index (χ1v) is 8.00. The van der Waals surface area contributed by atoms with Crippen LogP contribution in [0, 0.1) is 5.82 Å². The fourth-order valence-electron chi connectivity index (χ4n) is 2.59. The van der Waals surface area contributed by atoms with E-state index in [0.29, 0.717) is 5.56 Å². The van der Waals surface area contributed by atoms with Gasteiger partial charge in [0.05, 0.1) is 5.56 Å². The minimum Gasteiger partial charge on any atom is -0.380 e. The highest BCUT2D eigenvalue weighted by Crippen LogP contribution is 2.34. The van der Waals surface area contributed by atoms with Crippen LogP contribution in [0.15, 0.2) is 66.9 Å². The number of hydrogen-bond acceptors (Lipinski definition) is 3. The monoisotopic (exact) mass is 374 g/mol. The van der Waals surface area contributed by atoms with Crippen LogP contribution in [-0.4, -0.2) is 10.8 Å². The Morgan fingerprint density at radius 1 is 0.963 bits per heavy atom. The van der Waals surface area contributed by atoms with Crippen molar-refractivity contribution in [1.82, 2.24) is 4.98 Å². The lowest BCUT2D eigenvalue weighted by molar-refractivity contribution is -0.141. The van der Waals surface area contributed by atoms with Gasteiger partial charge in [0.1, 0.15) is 5.82 Å². The van der Waals surface area contributed by atoms with Crippen molar-refractivity contribution in [3.8, 4) is 0 Å². The van der Waals surface area contributed by atoms with E-state index < -0.39 is 29.0 Å². The molecule has 0 amide bonds. The first kappa shape index (κ1) is 18.6. The molecule has 0 saturated heterocycles. The van der Waals surface area contributed by atoms with E-state index in [1.807, 2.05) is 0 Å². The molecule has 2 aromatic carbocycles. The third kappa shape index (κ3) is 4.31. The lowest BCUT2D eigenvalue weighted by Crippen LogP contribution is -2.18. The SMILES string of the molecule is O=C(c1ccccc1)c1c(NCc2ccc(F)cc2)ccnc1C(F)(F)F. The first-order valence-electron chi connectivity index (χ1n) is 8.00. The number of alkyl halides is 3. The molecule has 27 heavy (non-hydrogen) atoms. The Hall–Kier alpha value is -3.22. The molecule has 0 saturated carbocycles. The molecule has 0 aliphatic carbocycles. The standard InChI is InChI=1S/C20H14F4N2O/c21-15-8-6-13(7-9-15)12-26-16-10-11-25-19(20(22,23)24)17(16)18(27)14-4-2-1-3-5-14/h1-11H,12H2,(H,25,26). The van der Waals surface area contributed by atoms with Crippen LogP contribution in [0.5, 0.6) is 0 Å². The Bertz CT molecular complexity index is 938. The van der Waals surface area contributed by atoms with Gasteiger partial charge in [-0.1, -0.05) is 42.5 Å². The molecule has 1 heterocycles. The van der Waals surface area contributed by atoms with E-state index >= 15 is 0 Å². The Labute approximate surface area is 152 Å². The van der Waals surface area contributed by atoms with E-state index in [4.69, 9.17) is 0 Å². The summed E-state index contributed by atoms with van der Waals surface area (Å²) in [5, 5.41) is 2.83. The molecular formula is C20H14F4N2O. The van der Waals surface area contributed by atoms with Crippen molar-refractivity contribution in [2.45, 2.75) is 12.7 Å². The van der Waals surface area contributed by atoms with Gasteiger partial charge in [-0.05, 0) is 23.8 Å². The average Bonchev–Trinajstić information content (AvgIpc) is 2.66. The van der Waals surface area contributed by atoms with Crippen LogP contribution in [0.3, 0.4) is 0 Å². The van der Waals surface area contributed by atoms with E-state index in [0.717, 1.165) is 6.20 Å². The van der Waals surface area contributed by atoms with Crippen LogP contribution in [-0.2, 0) is 12.7 Å². The van der Waals surface area contributed by atoms with Crippen molar-refractivity contribution >= 4 is 11.5 Å². The number of ketones is 1. The van der Waals surface area contributed by atoms with Crippen LogP contribution in [0.2, 0.25) is 0 Å². The van der Waals surface area contributed by atoms with Gasteiger partial charge >= 0.3 is 6.18 Å². The Balaban J connectivity index is 2.00. The summed E-state index contributed by atoms with van der Waals surface area (Å²) >= 11 is 0. The number of pyridine rings is 1. The predicted molar refractivity (Wildman–Crippen MR) is 92.8 cm³/mol. The number of halogens is 4. The number of carbonyl (C=O) groups is 1.